The Labute approximate surface area is 501 Å². The van der Waals surface area contributed by atoms with Gasteiger partial charge >= 0.3 is 5.97 Å². The van der Waals surface area contributed by atoms with Gasteiger partial charge in [0.15, 0.2) is 0 Å². The molecule has 0 saturated heterocycles. The van der Waals surface area contributed by atoms with Gasteiger partial charge in [-0.1, -0.05) is 273 Å². The number of hydrogen-bond donors (Lipinski definition) is 1. The Balaban J connectivity index is 5.08. The average molecular weight is 1150 g/mol. The summed E-state index contributed by atoms with van der Waals surface area (Å²) in [5, 5.41) is 3.03. The van der Waals surface area contributed by atoms with Gasteiger partial charge in [0.25, 0.3) is 7.82 Å². The molecule has 3 unspecified atom stereocenters. The Hall–Kier alpha value is -2.81. The van der Waals surface area contributed by atoms with Crippen LogP contribution in [0.2, 0.25) is 0 Å². The molecule has 81 heavy (non-hydrogen) atoms. The smallest absolute Gasteiger partial charge is 0.306 e. The topological polar surface area (TPSA) is 114 Å². The zero-order valence-corrected chi connectivity index (χ0v) is 54.6. The van der Waals surface area contributed by atoms with E-state index in [0.29, 0.717) is 17.4 Å². The van der Waals surface area contributed by atoms with Crippen molar-refractivity contribution in [1.29, 1.82) is 0 Å². The van der Waals surface area contributed by atoms with E-state index in [0.717, 1.165) is 116 Å². The summed E-state index contributed by atoms with van der Waals surface area (Å²) in [7, 11) is 1.18. The lowest BCUT2D eigenvalue weighted by molar-refractivity contribution is -0.870. The van der Waals surface area contributed by atoms with Gasteiger partial charge in [-0.25, -0.2) is 0 Å². The van der Waals surface area contributed by atoms with Gasteiger partial charge in [-0.05, 0) is 102 Å². The molecule has 10 heteroatoms. The predicted molar refractivity (Wildman–Crippen MR) is 348 cm³/mol. The van der Waals surface area contributed by atoms with E-state index >= 15 is 0 Å². The van der Waals surface area contributed by atoms with Crippen LogP contribution in [0, 0.1) is 0 Å². The SMILES string of the molecule is CC/C=C\C/C=C\C/C=C\C/C=C\C/C=C\CCCCCCCCCCCCCC(=O)OC(/C=C\CCCCCCCCCCCC)C(COP(=O)([O-])OCC[N+](C)(C)C)NC(=O)CCCCCCC/C=C/CCCCCCCCC. The Kier molecular flexibility index (Phi) is 58.2. The zero-order chi connectivity index (χ0) is 59.3. The number of nitrogens with one attached hydrogen (secondary N) is 1. The Morgan fingerprint density at radius 1 is 0.444 bits per heavy atom. The van der Waals surface area contributed by atoms with Gasteiger partial charge in [-0.2, -0.15) is 0 Å². The predicted octanol–water partition coefficient (Wildman–Crippen LogP) is 20.7. The second-order valence-electron chi connectivity index (χ2n) is 23.9. The van der Waals surface area contributed by atoms with E-state index in [4.69, 9.17) is 13.8 Å². The van der Waals surface area contributed by atoms with Crippen LogP contribution in [-0.4, -0.2) is 69.4 Å². The number of rotatable bonds is 61. The minimum atomic E-state index is -4.71. The Morgan fingerprint density at radius 2 is 0.790 bits per heavy atom. The highest BCUT2D eigenvalue weighted by atomic mass is 31.2. The number of phosphoric ester groups is 1. The van der Waals surface area contributed by atoms with Crippen LogP contribution in [-0.2, 0) is 27.9 Å². The van der Waals surface area contributed by atoms with Gasteiger partial charge in [0.05, 0.1) is 33.8 Å². The number of amides is 1. The van der Waals surface area contributed by atoms with Crippen molar-refractivity contribution in [2.24, 2.45) is 0 Å². The number of allylic oxidation sites excluding steroid dienone is 13. The summed E-state index contributed by atoms with van der Waals surface area (Å²) in [6.45, 7) is 6.74. The first-order valence-corrected chi connectivity index (χ1v) is 35.4. The Morgan fingerprint density at radius 3 is 1.20 bits per heavy atom. The number of carbonyl (C=O) groups excluding carboxylic acids is 2. The van der Waals surface area contributed by atoms with Crippen LogP contribution < -0.4 is 10.2 Å². The third-order valence-electron chi connectivity index (χ3n) is 14.8. The molecule has 0 aliphatic rings. The number of unbranched alkanes of at least 4 members (excludes halogenated alkanes) is 33. The molecule has 0 radical (unpaired) electrons. The largest absolute Gasteiger partial charge is 0.756 e. The molecule has 0 bridgehead atoms. The maximum absolute atomic E-state index is 13.5. The summed E-state index contributed by atoms with van der Waals surface area (Å²) in [4.78, 5) is 40.1. The van der Waals surface area contributed by atoms with E-state index in [1.54, 1.807) is 0 Å². The van der Waals surface area contributed by atoms with Gasteiger partial charge in [0.1, 0.15) is 19.3 Å². The summed E-state index contributed by atoms with van der Waals surface area (Å²) in [5.41, 5.74) is 0. The van der Waals surface area contributed by atoms with Gasteiger partial charge in [-0.15, -0.1) is 0 Å². The van der Waals surface area contributed by atoms with Gasteiger partial charge in [0, 0.05) is 12.8 Å². The molecule has 0 spiro atoms. The lowest BCUT2D eigenvalue weighted by Gasteiger charge is -2.30. The van der Waals surface area contributed by atoms with Crippen LogP contribution in [0.3, 0.4) is 0 Å². The standard InChI is InChI=1S/C71H129N2O7P/c1-7-10-13-16-19-22-25-28-30-32-33-34-35-36-37-38-39-40-41-42-44-46-49-52-55-58-61-64-71(75)80-69(62-59-56-53-50-47-27-24-21-18-15-12-9-3)68(67-79-81(76,77)78-66-65-73(4,5)6)72-70(74)63-60-57-54-51-48-45-43-31-29-26-23-20-17-14-11-8-2/h10,13,19,22,28,30-31,33-34,36-37,43,59,62,68-69H,7-9,11-12,14-18,20-21,23-27,29,32,35,38-42,44-58,60-61,63-67H2,1-6H3,(H-,72,74,76,77)/b13-10-,22-19-,30-28-,34-33-,37-36-,43-31+,62-59-. The molecule has 3 atom stereocenters. The van der Waals surface area contributed by atoms with E-state index in [1.807, 2.05) is 33.3 Å². The van der Waals surface area contributed by atoms with Gasteiger partial charge < -0.3 is 28.5 Å². The second kappa shape index (κ2) is 60.3. The zero-order valence-electron chi connectivity index (χ0n) is 53.7. The highest BCUT2D eigenvalue weighted by Gasteiger charge is 2.27. The van der Waals surface area contributed by atoms with E-state index < -0.39 is 26.6 Å². The number of quaternary nitrogens is 1. The summed E-state index contributed by atoms with van der Waals surface area (Å²) in [5.74, 6) is -0.550. The highest BCUT2D eigenvalue weighted by molar-refractivity contribution is 7.45. The van der Waals surface area contributed by atoms with E-state index in [-0.39, 0.29) is 24.9 Å². The molecule has 0 heterocycles. The molecule has 1 N–H and O–H groups in total. The first-order chi connectivity index (χ1) is 39.4. The van der Waals surface area contributed by atoms with Crippen LogP contribution in [0.15, 0.2) is 85.1 Å². The van der Waals surface area contributed by atoms with Crippen molar-refractivity contribution in [2.45, 2.75) is 315 Å². The number of phosphoric acid groups is 1. The van der Waals surface area contributed by atoms with Crippen LogP contribution in [0.1, 0.15) is 303 Å². The van der Waals surface area contributed by atoms with Crippen molar-refractivity contribution in [3.63, 3.8) is 0 Å². The molecule has 0 saturated carbocycles. The minimum absolute atomic E-state index is 0.0263. The molecule has 1 amide bonds. The number of likely N-dealkylation sites (N-methyl/N-ethyl adjacent to an activating group) is 1. The van der Waals surface area contributed by atoms with Crippen LogP contribution >= 0.6 is 7.82 Å². The Bertz CT molecular complexity index is 1660. The van der Waals surface area contributed by atoms with E-state index in [9.17, 15) is 19.0 Å². The fourth-order valence-corrected chi connectivity index (χ4v) is 10.3. The fraction of sp³-hybridized carbons (Fsp3) is 0.775. The van der Waals surface area contributed by atoms with Crippen molar-refractivity contribution in [3.05, 3.63) is 85.1 Å². The fourth-order valence-electron chi connectivity index (χ4n) is 9.60. The third kappa shape index (κ3) is 61.6. The second-order valence-corrected chi connectivity index (χ2v) is 25.4. The number of esters is 1. The summed E-state index contributed by atoms with van der Waals surface area (Å²) >= 11 is 0. The minimum Gasteiger partial charge on any atom is -0.756 e. The van der Waals surface area contributed by atoms with E-state index in [2.05, 4.69) is 99.0 Å². The maximum atomic E-state index is 13.5. The normalized spacial score (nSPS) is 14.1. The molecule has 0 aliphatic heterocycles. The molecule has 0 aliphatic carbocycles. The highest BCUT2D eigenvalue weighted by Crippen LogP contribution is 2.38. The van der Waals surface area contributed by atoms with Crippen molar-refractivity contribution in [2.75, 3.05) is 40.9 Å². The summed E-state index contributed by atoms with van der Waals surface area (Å²) < 4.78 is 30.4. The number of hydrogen-bond acceptors (Lipinski definition) is 7. The third-order valence-corrected chi connectivity index (χ3v) is 15.8. The van der Waals surface area contributed by atoms with Gasteiger partial charge in [-0.3, -0.25) is 14.2 Å². The molecular formula is C71H129N2O7P. The quantitative estimate of drug-likeness (QED) is 0.0212. The molecular weight excluding hydrogens is 1020 g/mol. The number of carbonyl (C=O) groups is 2. The molecule has 0 aromatic heterocycles. The summed E-state index contributed by atoms with van der Waals surface area (Å²) in [6.07, 6.45) is 79.8. The monoisotopic (exact) mass is 1150 g/mol. The first-order valence-electron chi connectivity index (χ1n) is 33.9. The van der Waals surface area contributed by atoms with Crippen molar-refractivity contribution in [1.82, 2.24) is 5.32 Å². The van der Waals surface area contributed by atoms with Crippen molar-refractivity contribution >= 4 is 19.7 Å². The van der Waals surface area contributed by atoms with Crippen LogP contribution in [0.25, 0.3) is 0 Å². The van der Waals surface area contributed by atoms with Gasteiger partial charge in [0.2, 0.25) is 5.91 Å². The molecule has 0 aromatic carbocycles. The molecule has 0 rings (SSSR count). The molecule has 0 fully saturated rings. The number of ether oxygens (including phenoxy) is 1. The van der Waals surface area contributed by atoms with Crippen molar-refractivity contribution in [3.8, 4) is 0 Å². The van der Waals surface area contributed by atoms with E-state index in [1.165, 1.54) is 154 Å². The molecule has 470 valence electrons. The molecule has 9 nitrogen and oxygen atoms in total. The van der Waals surface area contributed by atoms with Crippen LogP contribution in [0.5, 0.6) is 0 Å². The average Bonchev–Trinajstić information content (AvgIpc) is 3.44. The first kappa shape index (κ1) is 78.2. The lowest BCUT2D eigenvalue weighted by Crippen LogP contribution is -2.47. The number of nitrogens with zero attached hydrogens (tertiary/aromatic N) is 1. The summed E-state index contributed by atoms with van der Waals surface area (Å²) in [6, 6.07) is -0.897. The lowest BCUT2D eigenvalue weighted by atomic mass is 10.0. The maximum Gasteiger partial charge on any atom is 0.306 e. The molecule has 0 aromatic rings. The van der Waals surface area contributed by atoms with Crippen molar-refractivity contribution < 1.29 is 37.3 Å². The van der Waals surface area contributed by atoms with Crippen LogP contribution in [0.4, 0.5) is 0 Å².